The molecular formula is C15H23NO2. The molecule has 0 aliphatic heterocycles. The number of rotatable bonds is 4. The van der Waals surface area contributed by atoms with Crippen molar-refractivity contribution >= 4 is 0 Å². The summed E-state index contributed by atoms with van der Waals surface area (Å²) in [6.07, 6.45) is 3.97. The third-order valence-electron chi connectivity index (χ3n) is 3.79. The Balaban J connectivity index is 2.07. The van der Waals surface area contributed by atoms with Crippen LogP contribution in [0.4, 0.5) is 0 Å². The second kappa shape index (κ2) is 5.29. The van der Waals surface area contributed by atoms with Gasteiger partial charge in [-0.3, -0.25) is 0 Å². The molecule has 2 rings (SSSR count). The van der Waals surface area contributed by atoms with Gasteiger partial charge in [-0.05, 0) is 55.9 Å². The van der Waals surface area contributed by atoms with Gasteiger partial charge < -0.3 is 15.6 Å². The third-order valence-corrected chi connectivity index (χ3v) is 3.79. The van der Waals surface area contributed by atoms with E-state index in [1.54, 1.807) is 6.92 Å². The lowest BCUT2D eigenvalue weighted by Crippen LogP contribution is -2.31. The molecule has 3 N–H and O–H groups in total. The second-order valence-electron chi connectivity index (χ2n) is 5.50. The van der Waals surface area contributed by atoms with Crippen molar-refractivity contribution in [1.82, 2.24) is 0 Å². The number of nitrogens with two attached hydrogens (primary N) is 1. The number of aryl methyl sites for hydroxylation is 1. The first kappa shape index (κ1) is 13.4. The van der Waals surface area contributed by atoms with E-state index in [0.29, 0.717) is 13.0 Å². The fourth-order valence-electron chi connectivity index (χ4n) is 2.26. The van der Waals surface area contributed by atoms with E-state index < -0.39 is 5.60 Å². The summed E-state index contributed by atoms with van der Waals surface area (Å²) >= 11 is 0. The number of hydrogen-bond donors (Lipinski definition) is 2. The normalized spacial score (nSPS) is 22.1. The molecule has 2 atom stereocenters. The van der Waals surface area contributed by atoms with Crippen molar-refractivity contribution in [2.24, 2.45) is 5.73 Å². The van der Waals surface area contributed by atoms with Gasteiger partial charge >= 0.3 is 0 Å². The van der Waals surface area contributed by atoms with E-state index in [4.69, 9.17) is 10.5 Å². The molecule has 0 bridgehead atoms. The highest BCUT2D eigenvalue weighted by Gasteiger charge is 2.20. The van der Waals surface area contributed by atoms with Crippen molar-refractivity contribution in [3.63, 3.8) is 0 Å². The Morgan fingerprint density at radius 2 is 2.28 bits per heavy atom. The third kappa shape index (κ3) is 3.03. The summed E-state index contributed by atoms with van der Waals surface area (Å²) in [6.45, 7) is 4.07. The summed E-state index contributed by atoms with van der Waals surface area (Å²) in [7, 11) is 0. The molecule has 0 amide bonds. The van der Waals surface area contributed by atoms with E-state index in [-0.39, 0.29) is 6.04 Å². The van der Waals surface area contributed by atoms with Gasteiger partial charge in [-0.1, -0.05) is 13.0 Å². The average molecular weight is 249 g/mol. The summed E-state index contributed by atoms with van der Waals surface area (Å²) in [5, 5.41) is 9.92. The lowest BCUT2D eigenvalue weighted by molar-refractivity contribution is 0.00843. The molecule has 1 aromatic carbocycles. The second-order valence-corrected chi connectivity index (χ2v) is 5.50. The Kier molecular flexibility index (Phi) is 3.93. The Labute approximate surface area is 109 Å². The molecule has 0 spiro atoms. The van der Waals surface area contributed by atoms with Crippen molar-refractivity contribution in [3.8, 4) is 5.75 Å². The lowest BCUT2D eigenvalue weighted by atomic mass is 9.88. The molecule has 1 aliphatic carbocycles. The van der Waals surface area contributed by atoms with Crippen LogP contribution in [-0.4, -0.2) is 17.3 Å². The minimum absolute atomic E-state index is 0.168. The maximum absolute atomic E-state index is 9.92. The smallest absolute Gasteiger partial charge is 0.119 e. The van der Waals surface area contributed by atoms with Crippen LogP contribution in [0.5, 0.6) is 5.75 Å². The van der Waals surface area contributed by atoms with E-state index >= 15 is 0 Å². The largest absolute Gasteiger partial charge is 0.491 e. The molecule has 3 heteroatoms. The molecule has 0 saturated heterocycles. The number of fused-ring (bicyclic) bond motifs is 1. The maximum atomic E-state index is 9.92. The van der Waals surface area contributed by atoms with Gasteiger partial charge in [0.15, 0.2) is 0 Å². The van der Waals surface area contributed by atoms with E-state index in [2.05, 4.69) is 12.1 Å². The van der Waals surface area contributed by atoms with Crippen molar-refractivity contribution in [2.75, 3.05) is 6.61 Å². The van der Waals surface area contributed by atoms with Gasteiger partial charge in [-0.15, -0.1) is 0 Å². The maximum Gasteiger partial charge on any atom is 0.119 e. The van der Waals surface area contributed by atoms with E-state index in [1.807, 2.05) is 13.0 Å². The molecule has 18 heavy (non-hydrogen) atoms. The Hall–Kier alpha value is -1.06. The summed E-state index contributed by atoms with van der Waals surface area (Å²) in [4.78, 5) is 0. The van der Waals surface area contributed by atoms with Gasteiger partial charge in [0.1, 0.15) is 12.4 Å². The molecule has 3 nitrogen and oxygen atoms in total. The first-order valence-electron chi connectivity index (χ1n) is 6.75. The first-order valence-corrected chi connectivity index (χ1v) is 6.75. The molecule has 1 aromatic rings. The zero-order chi connectivity index (χ0) is 13.2. The van der Waals surface area contributed by atoms with Crippen LogP contribution in [0.3, 0.4) is 0 Å². The average Bonchev–Trinajstić information content (AvgIpc) is 2.37. The zero-order valence-electron chi connectivity index (χ0n) is 11.3. The molecule has 2 unspecified atom stereocenters. The van der Waals surface area contributed by atoms with Crippen LogP contribution >= 0.6 is 0 Å². The van der Waals surface area contributed by atoms with E-state index in [1.165, 1.54) is 11.1 Å². The zero-order valence-corrected chi connectivity index (χ0v) is 11.3. The predicted molar refractivity (Wildman–Crippen MR) is 72.7 cm³/mol. The van der Waals surface area contributed by atoms with E-state index in [9.17, 15) is 5.11 Å². The summed E-state index contributed by atoms with van der Waals surface area (Å²) in [5.74, 6) is 0.830. The fraction of sp³-hybridized carbons (Fsp3) is 0.600. The molecule has 100 valence electrons. The molecule has 0 aromatic heterocycles. The predicted octanol–water partition coefficient (Wildman–Crippen LogP) is 2.56. The molecule has 1 aliphatic rings. The molecule has 0 fully saturated rings. The Morgan fingerprint density at radius 1 is 1.50 bits per heavy atom. The van der Waals surface area contributed by atoms with Crippen LogP contribution in [0.2, 0.25) is 0 Å². The highest BCUT2D eigenvalue weighted by atomic mass is 16.5. The standard InChI is InChI=1S/C15H23NO2/c1-3-15(2,17)10-18-12-7-8-13-11(9-12)5-4-6-14(13)16/h7-9,14,17H,3-6,10,16H2,1-2H3. The van der Waals surface area contributed by atoms with Gasteiger partial charge in [0, 0.05) is 6.04 Å². The highest BCUT2D eigenvalue weighted by molar-refractivity contribution is 5.38. The van der Waals surface area contributed by atoms with Crippen molar-refractivity contribution < 1.29 is 9.84 Å². The Bertz CT molecular complexity index is 415. The highest BCUT2D eigenvalue weighted by Crippen LogP contribution is 2.30. The van der Waals surface area contributed by atoms with Crippen LogP contribution in [0.25, 0.3) is 0 Å². The SMILES string of the molecule is CCC(C)(O)COc1ccc2c(c1)CCCC2N. The summed E-state index contributed by atoms with van der Waals surface area (Å²) in [6, 6.07) is 6.26. The van der Waals surface area contributed by atoms with Crippen LogP contribution < -0.4 is 10.5 Å². The van der Waals surface area contributed by atoms with E-state index in [0.717, 1.165) is 25.0 Å². The van der Waals surface area contributed by atoms with Crippen LogP contribution in [0.1, 0.15) is 50.3 Å². The fourth-order valence-corrected chi connectivity index (χ4v) is 2.26. The van der Waals surface area contributed by atoms with Gasteiger partial charge in [-0.25, -0.2) is 0 Å². The minimum atomic E-state index is -0.758. The van der Waals surface area contributed by atoms with Crippen molar-refractivity contribution in [3.05, 3.63) is 29.3 Å². The van der Waals surface area contributed by atoms with Gasteiger partial charge in [-0.2, -0.15) is 0 Å². The number of ether oxygens (including phenoxy) is 1. The molecule has 0 saturated carbocycles. The molecule has 0 heterocycles. The lowest BCUT2D eigenvalue weighted by Gasteiger charge is -2.24. The monoisotopic (exact) mass is 249 g/mol. The van der Waals surface area contributed by atoms with Crippen LogP contribution in [-0.2, 0) is 6.42 Å². The van der Waals surface area contributed by atoms with Gasteiger partial charge in [0.2, 0.25) is 0 Å². The summed E-state index contributed by atoms with van der Waals surface area (Å²) in [5.41, 5.74) is 7.86. The molecular weight excluding hydrogens is 226 g/mol. The van der Waals surface area contributed by atoms with Crippen LogP contribution in [0, 0.1) is 0 Å². The van der Waals surface area contributed by atoms with Gasteiger partial charge in [0.05, 0.1) is 5.60 Å². The number of aliphatic hydroxyl groups is 1. The number of hydrogen-bond acceptors (Lipinski definition) is 3. The summed E-state index contributed by atoms with van der Waals surface area (Å²) < 4.78 is 5.67. The first-order chi connectivity index (χ1) is 8.52. The Morgan fingerprint density at radius 3 is 3.00 bits per heavy atom. The quantitative estimate of drug-likeness (QED) is 0.862. The molecule has 0 radical (unpaired) electrons. The minimum Gasteiger partial charge on any atom is -0.491 e. The number of benzene rings is 1. The van der Waals surface area contributed by atoms with Crippen LogP contribution in [0.15, 0.2) is 18.2 Å². The van der Waals surface area contributed by atoms with Gasteiger partial charge in [0.25, 0.3) is 0 Å². The van der Waals surface area contributed by atoms with Crippen molar-refractivity contribution in [2.45, 2.75) is 51.2 Å². The van der Waals surface area contributed by atoms with Crippen molar-refractivity contribution in [1.29, 1.82) is 0 Å². The topological polar surface area (TPSA) is 55.5 Å².